The van der Waals surface area contributed by atoms with Gasteiger partial charge in [-0.2, -0.15) is 0 Å². The Morgan fingerprint density at radius 3 is 2.39 bits per heavy atom. The summed E-state index contributed by atoms with van der Waals surface area (Å²) in [6.45, 7) is 3.75. The first-order valence-corrected chi connectivity index (χ1v) is 11.2. The number of nitrogens with zero attached hydrogens (tertiary/aromatic N) is 1. The molecule has 4 nitrogen and oxygen atoms in total. The second-order valence-corrected chi connectivity index (χ2v) is 8.80. The molecule has 1 aliphatic carbocycles. The summed E-state index contributed by atoms with van der Waals surface area (Å²) in [6.07, 6.45) is 10.3. The molecule has 28 heavy (non-hydrogen) atoms. The molecule has 154 valence electrons. The van der Waals surface area contributed by atoms with Gasteiger partial charge >= 0.3 is 0 Å². The zero-order valence-electron chi connectivity index (χ0n) is 17.4. The lowest BCUT2D eigenvalue weighted by Gasteiger charge is -2.35. The molecule has 3 rings (SSSR count). The lowest BCUT2D eigenvalue weighted by Crippen LogP contribution is -2.43. The fourth-order valence-electron chi connectivity index (χ4n) is 4.66. The summed E-state index contributed by atoms with van der Waals surface area (Å²) in [5, 5.41) is 3.16. The predicted octanol–water partition coefficient (Wildman–Crippen LogP) is 4.33. The fourth-order valence-corrected chi connectivity index (χ4v) is 4.66. The second kappa shape index (κ2) is 10.6. The van der Waals surface area contributed by atoms with E-state index in [9.17, 15) is 9.59 Å². The molecule has 1 heterocycles. The molecule has 0 radical (unpaired) electrons. The van der Waals surface area contributed by atoms with Crippen LogP contribution in [0.2, 0.25) is 0 Å². The predicted molar refractivity (Wildman–Crippen MR) is 113 cm³/mol. The molecule has 1 atom stereocenters. The van der Waals surface area contributed by atoms with Gasteiger partial charge in [-0.15, -0.1) is 0 Å². The van der Waals surface area contributed by atoms with Gasteiger partial charge in [-0.3, -0.25) is 9.59 Å². The van der Waals surface area contributed by atoms with Crippen LogP contribution in [0.4, 0.5) is 0 Å². The van der Waals surface area contributed by atoms with Gasteiger partial charge in [-0.05, 0) is 56.9 Å². The van der Waals surface area contributed by atoms with Gasteiger partial charge in [0.15, 0.2) is 0 Å². The van der Waals surface area contributed by atoms with Crippen molar-refractivity contribution in [3.8, 4) is 0 Å². The van der Waals surface area contributed by atoms with Crippen LogP contribution in [-0.2, 0) is 16.0 Å². The summed E-state index contributed by atoms with van der Waals surface area (Å²) in [6, 6.07) is 10.6. The smallest absolute Gasteiger partial charge is 0.225 e. The van der Waals surface area contributed by atoms with Crippen LogP contribution in [0, 0.1) is 11.8 Å². The van der Waals surface area contributed by atoms with Crippen LogP contribution < -0.4 is 5.32 Å². The van der Waals surface area contributed by atoms with E-state index in [0.29, 0.717) is 18.2 Å². The highest BCUT2D eigenvalue weighted by Gasteiger charge is 2.29. The number of nitrogens with one attached hydrogen (secondary N) is 1. The van der Waals surface area contributed by atoms with Crippen LogP contribution in [0.15, 0.2) is 30.3 Å². The van der Waals surface area contributed by atoms with E-state index < -0.39 is 0 Å². The van der Waals surface area contributed by atoms with Gasteiger partial charge in [0.1, 0.15) is 0 Å². The second-order valence-electron chi connectivity index (χ2n) is 8.80. The summed E-state index contributed by atoms with van der Waals surface area (Å²) in [5.74, 6) is 1.21. The molecule has 4 heteroatoms. The van der Waals surface area contributed by atoms with E-state index in [-0.39, 0.29) is 17.9 Å². The van der Waals surface area contributed by atoms with Gasteiger partial charge in [0.2, 0.25) is 11.8 Å². The largest absolute Gasteiger partial charge is 0.354 e. The molecule has 2 fully saturated rings. The standard InChI is InChI=1S/C24H36N2O2/c1-19(12-13-20-8-4-2-5-9-20)25-23(27)18-21-14-16-26(17-15-21)24(28)22-10-6-3-7-11-22/h2,4-5,8-9,19,21-22H,3,6-7,10-18H2,1H3,(H,25,27)/t19-/m0/s1. The van der Waals surface area contributed by atoms with Crippen molar-refractivity contribution in [3.05, 3.63) is 35.9 Å². The van der Waals surface area contributed by atoms with Gasteiger partial charge in [0.05, 0.1) is 0 Å². The van der Waals surface area contributed by atoms with E-state index in [2.05, 4.69) is 41.4 Å². The summed E-state index contributed by atoms with van der Waals surface area (Å²) < 4.78 is 0. The molecule has 1 saturated heterocycles. The zero-order chi connectivity index (χ0) is 19.8. The summed E-state index contributed by atoms with van der Waals surface area (Å²) in [4.78, 5) is 27.1. The summed E-state index contributed by atoms with van der Waals surface area (Å²) in [5.41, 5.74) is 1.32. The first-order chi connectivity index (χ1) is 13.6. The number of hydrogen-bond acceptors (Lipinski definition) is 2. The summed E-state index contributed by atoms with van der Waals surface area (Å²) >= 11 is 0. The molecular formula is C24H36N2O2. The van der Waals surface area contributed by atoms with Crippen LogP contribution in [0.5, 0.6) is 0 Å². The highest BCUT2D eigenvalue weighted by atomic mass is 16.2. The van der Waals surface area contributed by atoms with Crippen molar-refractivity contribution in [2.45, 2.75) is 77.2 Å². The summed E-state index contributed by atoms with van der Waals surface area (Å²) in [7, 11) is 0. The molecule has 2 aliphatic rings. The van der Waals surface area contributed by atoms with Crippen molar-refractivity contribution in [3.63, 3.8) is 0 Å². The maximum atomic E-state index is 12.7. The van der Waals surface area contributed by atoms with Gasteiger partial charge < -0.3 is 10.2 Å². The lowest BCUT2D eigenvalue weighted by molar-refractivity contribution is -0.138. The Hall–Kier alpha value is -1.84. The van der Waals surface area contributed by atoms with Crippen molar-refractivity contribution in [1.82, 2.24) is 10.2 Å². The third-order valence-corrected chi connectivity index (χ3v) is 6.47. The Balaban J connectivity index is 1.33. The molecule has 1 saturated carbocycles. The third kappa shape index (κ3) is 6.35. The van der Waals surface area contributed by atoms with Crippen LogP contribution in [0.1, 0.15) is 70.3 Å². The van der Waals surface area contributed by atoms with Crippen molar-refractivity contribution < 1.29 is 9.59 Å². The number of hydrogen-bond donors (Lipinski definition) is 1. The number of amides is 2. The van der Waals surface area contributed by atoms with E-state index in [1.165, 1.54) is 24.8 Å². The van der Waals surface area contributed by atoms with Gasteiger partial charge in [0, 0.05) is 31.5 Å². The Kier molecular flexibility index (Phi) is 7.93. The SMILES string of the molecule is C[C@@H](CCc1ccccc1)NC(=O)CC1CCN(C(=O)C2CCCCC2)CC1. The highest BCUT2D eigenvalue weighted by Crippen LogP contribution is 2.28. The number of carbonyl (C=O) groups excluding carboxylic acids is 2. The van der Waals surface area contributed by atoms with E-state index in [1.807, 2.05) is 6.07 Å². The zero-order valence-corrected chi connectivity index (χ0v) is 17.4. The number of benzene rings is 1. The van der Waals surface area contributed by atoms with Crippen molar-refractivity contribution in [1.29, 1.82) is 0 Å². The van der Waals surface area contributed by atoms with E-state index >= 15 is 0 Å². The maximum absolute atomic E-state index is 12.7. The highest BCUT2D eigenvalue weighted by molar-refractivity contribution is 5.79. The fraction of sp³-hybridized carbons (Fsp3) is 0.667. The number of rotatable bonds is 7. The molecule has 0 aromatic heterocycles. The normalized spacial score (nSPS) is 20.0. The molecule has 1 aliphatic heterocycles. The molecule has 0 unspecified atom stereocenters. The minimum atomic E-state index is 0.164. The molecule has 1 aromatic rings. The van der Waals surface area contributed by atoms with Gasteiger partial charge in [-0.1, -0.05) is 49.6 Å². The lowest BCUT2D eigenvalue weighted by atomic mass is 9.86. The van der Waals surface area contributed by atoms with Crippen molar-refractivity contribution in [2.75, 3.05) is 13.1 Å². The van der Waals surface area contributed by atoms with Crippen molar-refractivity contribution >= 4 is 11.8 Å². The number of likely N-dealkylation sites (tertiary alicyclic amines) is 1. The van der Waals surface area contributed by atoms with E-state index in [0.717, 1.165) is 51.6 Å². The molecule has 2 amide bonds. The van der Waals surface area contributed by atoms with Crippen molar-refractivity contribution in [2.24, 2.45) is 11.8 Å². The molecule has 1 aromatic carbocycles. The van der Waals surface area contributed by atoms with E-state index in [4.69, 9.17) is 0 Å². The van der Waals surface area contributed by atoms with Crippen LogP contribution >= 0.6 is 0 Å². The monoisotopic (exact) mass is 384 g/mol. The van der Waals surface area contributed by atoms with Gasteiger partial charge in [0.25, 0.3) is 0 Å². The first kappa shape index (κ1) is 20.9. The Morgan fingerprint density at radius 1 is 1.04 bits per heavy atom. The minimum absolute atomic E-state index is 0.164. The van der Waals surface area contributed by atoms with Gasteiger partial charge in [-0.25, -0.2) is 0 Å². The maximum Gasteiger partial charge on any atom is 0.225 e. The Morgan fingerprint density at radius 2 is 1.71 bits per heavy atom. The quantitative estimate of drug-likeness (QED) is 0.760. The molecule has 1 N–H and O–H groups in total. The molecule has 0 spiro atoms. The van der Waals surface area contributed by atoms with Crippen LogP contribution in [-0.4, -0.2) is 35.8 Å². The van der Waals surface area contributed by atoms with Crippen LogP contribution in [0.3, 0.4) is 0 Å². The van der Waals surface area contributed by atoms with E-state index in [1.54, 1.807) is 0 Å². The number of carbonyl (C=O) groups is 2. The van der Waals surface area contributed by atoms with Crippen LogP contribution in [0.25, 0.3) is 0 Å². The Labute approximate surface area is 170 Å². The topological polar surface area (TPSA) is 49.4 Å². The molecule has 0 bridgehead atoms. The number of aryl methyl sites for hydroxylation is 1. The average molecular weight is 385 g/mol. The Bertz CT molecular complexity index is 617. The first-order valence-electron chi connectivity index (χ1n) is 11.2. The minimum Gasteiger partial charge on any atom is -0.354 e. The molecular weight excluding hydrogens is 348 g/mol. The average Bonchev–Trinajstić information content (AvgIpc) is 2.73. The number of piperidine rings is 1. The third-order valence-electron chi connectivity index (χ3n) is 6.47.